The van der Waals surface area contributed by atoms with Gasteiger partial charge in [0.1, 0.15) is 25.0 Å². The van der Waals surface area contributed by atoms with Crippen LogP contribution in [-0.2, 0) is 32.3 Å². The summed E-state index contributed by atoms with van der Waals surface area (Å²) < 4.78 is 26.0. The van der Waals surface area contributed by atoms with Crippen LogP contribution in [0, 0.1) is 19.3 Å². The normalized spacial score (nSPS) is 28.5. The van der Waals surface area contributed by atoms with Gasteiger partial charge in [-0.1, -0.05) is 42.3 Å². The van der Waals surface area contributed by atoms with Crippen LogP contribution in [0.2, 0.25) is 0 Å². The van der Waals surface area contributed by atoms with Gasteiger partial charge in [0.25, 0.3) is 5.56 Å². The number of methoxy groups -OCH3 is 1. The summed E-state index contributed by atoms with van der Waals surface area (Å²) in [4.78, 5) is 26.1. The summed E-state index contributed by atoms with van der Waals surface area (Å²) in [6.07, 6.45) is 4.54. The average molecular weight is 469 g/mol. The van der Waals surface area contributed by atoms with E-state index in [0.717, 1.165) is 10.1 Å². The second-order valence-electron chi connectivity index (χ2n) is 8.40. The van der Waals surface area contributed by atoms with Crippen molar-refractivity contribution >= 4 is 0 Å². The molecule has 34 heavy (non-hydrogen) atoms. The number of hydrogen-bond acceptors (Lipinski definition) is 7. The van der Waals surface area contributed by atoms with E-state index in [0.29, 0.717) is 12.0 Å². The van der Waals surface area contributed by atoms with Crippen molar-refractivity contribution in [2.24, 2.45) is 0 Å². The molecule has 2 aliphatic rings. The molecular formula is C25H28N2O7. The summed E-state index contributed by atoms with van der Waals surface area (Å²) in [7, 11) is 1.47. The van der Waals surface area contributed by atoms with E-state index in [4.69, 9.17) is 25.4 Å². The molecule has 1 aromatic heterocycles. The Morgan fingerprint density at radius 3 is 2.74 bits per heavy atom. The molecule has 2 aliphatic heterocycles. The Morgan fingerprint density at radius 2 is 2.09 bits per heavy atom. The Balaban J connectivity index is 1.67. The first kappa shape index (κ1) is 24.1. The van der Waals surface area contributed by atoms with Crippen molar-refractivity contribution in [2.45, 2.75) is 62.9 Å². The molecule has 180 valence electrons. The number of aryl methyl sites for hydroxylation is 1. The molecule has 2 aromatic rings. The van der Waals surface area contributed by atoms with Crippen molar-refractivity contribution in [3.05, 3.63) is 81.1 Å². The zero-order valence-corrected chi connectivity index (χ0v) is 19.1. The van der Waals surface area contributed by atoms with Gasteiger partial charge in [-0.2, -0.15) is 0 Å². The second-order valence-corrected chi connectivity index (χ2v) is 8.40. The third-order valence-electron chi connectivity index (χ3n) is 6.37. The van der Waals surface area contributed by atoms with Gasteiger partial charge in [0.15, 0.2) is 11.8 Å². The molecule has 1 N–H and O–H groups in total. The zero-order chi connectivity index (χ0) is 24.5. The van der Waals surface area contributed by atoms with Crippen LogP contribution in [-0.4, -0.2) is 51.4 Å². The Morgan fingerprint density at radius 1 is 1.35 bits per heavy atom. The van der Waals surface area contributed by atoms with Gasteiger partial charge in [0.2, 0.25) is 0 Å². The quantitative estimate of drug-likeness (QED) is 0.435. The lowest BCUT2D eigenvalue weighted by molar-refractivity contribution is -0.234. The minimum atomic E-state index is -1.40. The van der Waals surface area contributed by atoms with E-state index in [2.05, 4.69) is 12.5 Å². The van der Waals surface area contributed by atoms with E-state index in [9.17, 15) is 14.7 Å². The standard InChI is InChI=1S/C25H28N2O7/c1-5-10-19-25(18(28)6-2)21(31-4)20(33-19)23(34-25)26-13-16(3)22(29)27(24(26)30)15-32-14-17-11-8-7-9-12-17/h2,5,7-9,11-13,18-21,23,28H,1,10,14-15H2,3-4H3/t18?,19-,20-,21+,23-,25+/m1/s1. The summed E-state index contributed by atoms with van der Waals surface area (Å²) in [6.45, 7) is 5.33. The third-order valence-corrected chi connectivity index (χ3v) is 6.37. The Bertz CT molecular complexity index is 1200. The highest BCUT2D eigenvalue weighted by atomic mass is 16.7. The molecule has 2 bridgehead atoms. The summed E-state index contributed by atoms with van der Waals surface area (Å²) in [5, 5.41) is 10.7. The fraction of sp³-hybridized carbons (Fsp3) is 0.440. The van der Waals surface area contributed by atoms with Gasteiger partial charge in [-0.3, -0.25) is 9.36 Å². The lowest BCUT2D eigenvalue weighted by Gasteiger charge is -2.39. The summed E-state index contributed by atoms with van der Waals surface area (Å²) in [6, 6.07) is 9.42. The number of ether oxygens (including phenoxy) is 4. The molecule has 1 aromatic carbocycles. The maximum absolute atomic E-state index is 13.3. The van der Waals surface area contributed by atoms with Gasteiger partial charge in [-0.05, 0) is 18.9 Å². The molecule has 3 heterocycles. The van der Waals surface area contributed by atoms with Crippen molar-refractivity contribution in [1.82, 2.24) is 9.13 Å². The lowest BCUT2D eigenvalue weighted by Crippen LogP contribution is -2.56. The molecule has 0 aliphatic carbocycles. The summed E-state index contributed by atoms with van der Waals surface area (Å²) >= 11 is 0. The van der Waals surface area contributed by atoms with E-state index >= 15 is 0 Å². The van der Waals surface area contributed by atoms with E-state index in [1.165, 1.54) is 17.9 Å². The van der Waals surface area contributed by atoms with Gasteiger partial charge in [-0.15, -0.1) is 13.0 Å². The molecule has 2 fully saturated rings. The molecule has 0 spiro atoms. The minimum Gasteiger partial charge on any atom is -0.377 e. The van der Waals surface area contributed by atoms with Crippen LogP contribution in [0.5, 0.6) is 0 Å². The predicted octanol–water partition coefficient (Wildman–Crippen LogP) is 1.11. The number of aliphatic hydroxyl groups excluding tert-OH is 1. The smallest absolute Gasteiger partial charge is 0.335 e. The van der Waals surface area contributed by atoms with Crippen LogP contribution in [0.25, 0.3) is 0 Å². The Kier molecular flexibility index (Phi) is 6.89. The zero-order valence-electron chi connectivity index (χ0n) is 19.1. The van der Waals surface area contributed by atoms with Crippen LogP contribution < -0.4 is 11.2 Å². The molecule has 9 heteroatoms. The fourth-order valence-corrected chi connectivity index (χ4v) is 4.78. The Hall–Kier alpha value is -3.00. The highest BCUT2D eigenvalue weighted by Crippen LogP contribution is 2.52. The van der Waals surface area contributed by atoms with Crippen molar-refractivity contribution in [3.63, 3.8) is 0 Å². The number of rotatable bonds is 9. The van der Waals surface area contributed by atoms with Gasteiger partial charge in [-0.25, -0.2) is 9.36 Å². The van der Waals surface area contributed by atoms with Crippen molar-refractivity contribution in [1.29, 1.82) is 0 Å². The highest BCUT2D eigenvalue weighted by Gasteiger charge is 2.70. The molecule has 6 atom stereocenters. The maximum atomic E-state index is 13.3. The molecule has 0 amide bonds. The number of benzene rings is 1. The predicted molar refractivity (Wildman–Crippen MR) is 123 cm³/mol. The first-order valence-electron chi connectivity index (χ1n) is 10.9. The van der Waals surface area contributed by atoms with Gasteiger partial charge >= 0.3 is 5.69 Å². The van der Waals surface area contributed by atoms with E-state index in [1.807, 2.05) is 30.3 Å². The monoisotopic (exact) mass is 468 g/mol. The van der Waals surface area contributed by atoms with E-state index in [1.54, 1.807) is 13.0 Å². The molecule has 1 unspecified atom stereocenters. The average Bonchev–Trinajstić information content (AvgIpc) is 3.34. The second kappa shape index (κ2) is 9.70. The number of terminal acetylenes is 1. The number of nitrogens with zero attached hydrogens (tertiary/aromatic N) is 2. The number of hydrogen-bond donors (Lipinski definition) is 1. The Labute approximate surface area is 197 Å². The minimum absolute atomic E-state index is 0.235. The maximum Gasteiger partial charge on any atom is 0.335 e. The van der Waals surface area contributed by atoms with Crippen molar-refractivity contribution in [3.8, 4) is 12.3 Å². The molecule has 9 nitrogen and oxygen atoms in total. The van der Waals surface area contributed by atoms with Crippen LogP contribution in [0.15, 0.2) is 58.8 Å². The van der Waals surface area contributed by atoms with E-state index in [-0.39, 0.29) is 13.3 Å². The summed E-state index contributed by atoms with van der Waals surface area (Å²) in [5.41, 5.74) is -1.27. The highest BCUT2D eigenvalue weighted by molar-refractivity contribution is 5.23. The molecule has 0 saturated carbocycles. The summed E-state index contributed by atoms with van der Waals surface area (Å²) in [5.74, 6) is 2.31. The van der Waals surface area contributed by atoms with Crippen LogP contribution in [0.3, 0.4) is 0 Å². The first-order chi connectivity index (χ1) is 16.4. The van der Waals surface area contributed by atoms with Gasteiger partial charge in [0, 0.05) is 18.9 Å². The largest absolute Gasteiger partial charge is 0.377 e. The van der Waals surface area contributed by atoms with E-state index < -0.39 is 47.5 Å². The lowest BCUT2D eigenvalue weighted by atomic mass is 9.85. The van der Waals surface area contributed by atoms with Crippen molar-refractivity contribution in [2.75, 3.05) is 7.11 Å². The SMILES string of the molecule is C#CC(O)[C@]12O[C@@H](n3cc(C)c(=O)n(COCc4ccccc4)c3=O)[C@H](O[C@@H]1CC=C)[C@@H]2OC. The first-order valence-corrected chi connectivity index (χ1v) is 10.9. The van der Waals surface area contributed by atoms with Crippen LogP contribution in [0.4, 0.5) is 0 Å². The number of aliphatic hydroxyl groups is 1. The van der Waals surface area contributed by atoms with Crippen LogP contribution in [0.1, 0.15) is 23.8 Å². The fourth-order valence-electron chi connectivity index (χ4n) is 4.78. The van der Waals surface area contributed by atoms with Crippen LogP contribution >= 0.6 is 0 Å². The van der Waals surface area contributed by atoms with Crippen molar-refractivity contribution < 1.29 is 24.1 Å². The van der Waals surface area contributed by atoms with Gasteiger partial charge < -0.3 is 24.1 Å². The van der Waals surface area contributed by atoms with Gasteiger partial charge in [0.05, 0.1) is 12.7 Å². The number of fused-ring (bicyclic) bond motifs is 2. The molecular weight excluding hydrogens is 440 g/mol. The third kappa shape index (κ3) is 3.83. The topological polar surface area (TPSA) is 101 Å². The molecule has 2 saturated heterocycles. The molecule has 4 rings (SSSR count). The molecule has 0 radical (unpaired) electrons. The number of aromatic nitrogens is 2.